The molecule has 0 saturated carbocycles. The van der Waals surface area contributed by atoms with Crippen molar-refractivity contribution >= 4 is 11.4 Å². The molecule has 1 N–H and O–H groups in total. The summed E-state index contributed by atoms with van der Waals surface area (Å²) >= 11 is 0. The lowest BCUT2D eigenvalue weighted by Gasteiger charge is -2.09. The molecule has 0 aliphatic rings. The molecular formula is C14H12N4O2. The molecule has 1 aromatic carbocycles. The van der Waals surface area contributed by atoms with Crippen molar-refractivity contribution in [1.82, 2.24) is 4.98 Å². The van der Waals surface area contributed by atoms with Gasteiger partial charge in [0.15, 0.2) is 0 Å². The van der Waals surface area contributed by atoms with Gasteiger partial charge in [-0.15, -0.1) is 0 Å². The molecule has 0 atom stereocenters. The third-order valence-electron chi connectivity index (χ3n) is 2.95. The van der Waals surface area contributed by atoms with E-state index in [2.05, 4.69) is 10.3 Å². The van der Waals surface area contributed by atoms with Crippen LogP contribution in [0.4, 0.5) is 11.4 Å². The fraction of sp³-hybridized carbons (Fsp3) is 0.143. The first-order chi connectivity index (χ1) is 9.61. The van der Waals surface area contributed by atoms with Crippen LogP contribution in [0.15, 0.2) is 36.7 Å². The molecule has 2 aromatic rings. The first-order valence-electron chi connectivity index (χ1n) is 5.93. The highest BCUT2D eigenvalue weighted by molar-refractivity contribution is 5.61. The van der Waals surface area contributed by atoms with E-state index in [0.29, 0.717) is 12.2 Å². The zero-order valence-corrected chi connectivity index (χ0v) is 10.8. The molecule has 0 amide bonds. The monoisotopic (exact) mass is 268 g/mol. The largest absolute Gasteiger partial charge is 0.380 e. The Labute approximate surface area is 115 Å². The van der Waals surface area contributed by atoms with Crippen molar-refractivity contribution in [1.29, 1.82) is 5.26 Å². The fourth-order valence-electron chi connectivity index (χ4n) is 1.76. The molecule has 0 aliphatic heterocycles. The topological polar surface area (TPSA) is 91.8 Å². The fourth-order valence-corrected chi connectivity index (χ4v) is 1.76. The zero-order valence-electron chi connectivity index (χ0n) is 10.8. The van der Waals surface area contributed by atoms with Crippen LogP contribution in [0.5, 0.6) is 0 Å². The Hall–Kier alpha value is -2.94. The predicted octanol–water partition coefficient (Wildman–Crippen LogP) is 2.78. The minimum absolute atomic E-state index is 0.0929. The number of hydrogen-bond donors (Lipinski definition) is 1. The van der Waals surface area contributed by atoms with Gasteiger partial charge in [0, 0.05) is 31.1 Å². The highest BCUT2D eigenvalue weighted by atomic mass is 16.6. The normalized spacial score (nSPS) is 9.80. The Bertz CT molecular complexity index is 692. The second-order valence-electron chi connectivity index (χ2n) is 4.25. The van der Waals surface area contributed by atoms with Crippen LogP contribution < -0.4 is 5.32 Å². The molecule has 0 fully saturated rings. The van der Waals surface area contributed by atoms with Gasteiger partial charge in [0.1, 0.15) is 6.07 Å². The molecule has 0 bridgehead atoms. The molecule has 20 heavy (non-hydrogen) atoms. The third kappa shape index (κ3) is 2.90. The molecule has 0 spiro atoms. The van der Waals surface area contributed by atoms with E-state index in [1.807, 2.05) is 19.1 Å². The number of anilines is 1. The van der Waals surface area contributed by atoms with Gasteiger partial charge < -0.3 is 5.32 Å². The van der Waals surface area contributed by atoms with E-state index in [0.717, 1.165) is 11.1 Å². The van der Waals surface area contributed by atoms with Gasteiger partial charge >= 0.3 is 0 Å². The number of aromatic nitrogens is 1. The first-order valence-corrected chi connectivity index (χ1v) is 5.93. The van der Waals surface area contributed by atoms with Crippen LogP contribution in [0.3, 0.4) is 0 Å². The minimum atomic E-state index is -0.518. The molecular weight excluding hydrogens is 256 g/mol. The number of benzene rings is 1. The van der Waals surface area contributed by atoms with Crippen molar-refractivity contribution in [3.63, 3.8) is 0 Å². The van der Waals surface area contributed by atoms with Gasteiger partial charge in [-0.2, -0.15) is 5.26 Å². The summed E-state index contributed by atoms with van der Waals surface area (Å²) in [5, 5.41) is 22.8. The van der Waals surface area contributed by atoms with Crippen LogP contribution in [-0.4, -0.2) is 9.91 Å². The van der Waals surface area contributed by atoms with Crippen molar-refractivity contribution in [2.75, 3.05) is 5.32 Å². The van der Waals surface area contributed by atoms with Crippen molar-refractivity contribution in [3.05, 3.63) is 63.5 Å². The van der Waals surface area contributed by atoms with Gasteiger partial charge in [-0.05, 0) is 30.2 Å². The SMILES string of the molecule is Cc1ccncc1CNc1ccc([N+](=O)[O-])cc1C#N. The second-order valence-corrected chi connectivity index (χ2v) is 4.25. The maximum absolute atomic E-state index is 10.7. The standard InChI is InChI=1S/C14H12N4O2/c1-10-4-5-16-8-12(10)9-17-14-3-2-13(18(19)20)6-11(14)7-15/h2-6,8,17H,9H2,1H3. The number of aryl methyl sites for hydroxylation is 1. The van der Waals surface area contributed by atoms with Crippen LogP contribution in [-0.2, 0) is 6.54 Å². The maximum atomic E-state index is 10.7. The molecule has 2 rings (SSSR count). The number of nitrogens with one attached hydrogen (secondary N) is 1. The van der Waals surface area contributed by atoms with E-state index in [1.54, 1.807) is 18.5 Å². The molecule has 1 heterocycles. The van der Waals surface area contributed by atoms with E-state index in [9.17, 15) is 10.1 Å². The average Bonchev–Trinajstić information content (AvgIpc) is 2.46. The minimum Gasteiger partial charge on any atom is -0.380 e. The lowest BCUT2D eigenvalue weighted by atomic mass is 10.1. The van der Waals surface area contributed by atoms with Gasteiger partial charge in [-0.1, -0.05) is 0 Å². The summed E-state index contributed by atoms with van der Waals surface area (Å²) in [4.78, 5) is 14.2. The van der Waals surface area contributed by atoms with E-state index in [4.69, 9.17) is 5.26 Å². The van der Waals surface area contributed by atoms with Crippen LogP contribution in [0.2, 0.25) is 0 Å². The molecule has 0 unspecified atom stereocenters. The number of pyridine rings is 1. The molecule has 6 heteroatoms. The van der Waals surface area contributed by atoms with Gasteiger partial charge in [0.05, 0.1) is 16.2 Å². The summed E-state index contributed by atoms with van der Waals surface area (Å²) in [6, 6.07) is 8.04. The maximum Gasteiger partial charge on any atom is 0.270 e. The van der Waals surface area contributed by atoms with Crippen molar-refractivity contribution in [2.45, 2.75) is 13.5 Å². The number of rotatable bonds is 4. The Kier molecular flexibility index (Phi) is 3.91. The number of non-ortho nitro benzene ring substituents is 1. The average molecular weight is 268 g/mol. The Balaban J connectivity index is 2.20. The lowest BCUT2D eigenvalue weighted by molar-refractivity contribution is -0.384. The second kappa shape index (κ2) is 5.80. The van der Waals surface area contributed by atoms with E-state index in [1.165, 1.54) is 12.1 Å². The van der Waals surface area contributed by atoms with Gasteiger partial charge in [0.2, 0.25) is 0 Å². The molecule has 0 radical (unpaired) electrons. The number of nitro benzene ring substituents is 1. The summed E-state index contributed by atoms with van der Waals surface area (Å²) in [7, 11) is 0. The third-order valence-corrected chi connectivity index (χ3v) is 2.95. The number of nitro groups is 1. The first kappa shape index (κ1) is 13.5. The highest BCUT2D eigenvalue weighted by Gasteiger charge is 2.10. The Morgan fingerprint density at radius 1 is 1.45 bits per heavy atom. The van der Waals surface area contributed by atoms with Crippen molar-refractivity contribution in [2.24, 2.45) is 0 Å². The van der Waals surface area contributed by atoms with Crippen molar-refractivity contribution in [3.8, 4) is 6.07 Å². The van der Waals surface area contributed by atoms with Crippen LogP contribution >= 0.6 is 0 Å². The summed E-state index contributed by atoms with van der Waals surface area (Å²) in [6.07, 6.45) is 3.46. The van der Waals surface area contributed by atoms with Crippen LogP contribution in [0.1, 0.15) is 16.7 Å². The molecule has 100 valence electrons. The molecule has 0 aliphatic carbocycles. The Morgan fingerprint density at radius 3 is 2.90 bits per heavy atom. The van der Waals surface area contributed by atoms with E-state index < -0.39 is 4.92 Å². The van der Waals surface area contributed by atoms with Gasteiger partial charge in [-0.25, -0.2) is 0 Å². The summed E-state index contributed by atoms with van der Waals surface area (Å²) in [5.41, 5.74) is 2.83. The Morgan fingerprint density at radius 2 is 2.25 bits per heavy atom. The molecule has 0 saturated heterocycles. The molecule has 6 nitrogen and oxygen atoms in total. The summed E-state index contributed by atoms with van der Waals surface area (Å²) in [6.45, 7) is 2.48. The summed E-state index contributed by atoms with van der Waals surface area (Å²) < 4.78 is 0. The number of nitrogens with zero attached hydrogens (tertiary/aromatic N) is 3. The predicted molar refractivity (Wildman–Crippen MR) is 74.1 cm³/mol. The smallest absolute Gasteiger partial charge is 0.270 e. The quantitative estimate of drug-likeness (QED) is 0.680. The van der Waals surface area contributed by atoms with Gasteiger partial charge in [-0.3, -0.25) is 15.1 Å². The number of nitriles is 1. The number of hydrogen-bond acceptors (Lipinski definition) is 5. The van der Waals surface area contributed by atoms with Crippen molar-refractivity contribution < 1.29 is 4.92 Å². The van der Waals surface area contributed by atoms with E-state index >= 15 is 0 Å². The zero-order chi connectivity index (χ0) is 14.5. The molecule has 1 aromatic heterocycles. The van der Waals surface area contributed by atoms with Crippen LogP contribution in [0.25, 0.3) is 0 Å². The van der Waals surface area contributed by atoms with Crippen LogP contribution in [0, 0.1) is 28.4 Å². The summed E-state index contributed by atoms with van der Waals surface area (Å²) in [5.74, 6) is 0. The van der Waals surface area contributed by atoms with E-state index in [-0.39, 0.29) is 11.3 Å². The highest BCUT2D eigenvalue weighted by Crippen LogP contribution is 2.22. The lowest BCUT2D eigenvalue weighted by Crippen LogP contribution is -2.03. The van der Waals surface area contributed by atoms with Gasteiger partial charge in [0.25, 0.3) is 5.69 Å².